The van der Waals surface area contributed by atoms with Crippen LogP contribution in [0, 0.1) is 17.3 Å². The van der Waals surface area contributed by atoms with E-state index < -0.39 is 0 Å². The zero-order valence-electron chi connectivity index (χ0n) is 19.9. The predicted molar refractivity (Wildman–Crippen MR) is 136 cm³/mol. The molecule has 4 rings (SSSR count). The molecular formula is C28H42N2S. The fraction of sp³-hybridized carbons (Fsp3) is 0.679. The lowest BCUT2D eigenvalue weighted by Gasteiger charge is -2.51. The van der Waals surface area contributed by atoms with E-state index in [1.807, 2.05) is 0 Å². The average molecular weight is 439 g/mol. The second-order valence-electron chi connectivity index (χ2n) is 11.2. The van der Waals surface area contributed by atoms with Gasteiger partial charge in [-0.25, -0.2) is 0 Å². The minimum absolute atomic E-state index is 0.148. The lowest BCUT2D eigenvalue weighted by atomic mass is 9.54. The molecule has 3 aliphatic rings. The highest BCUT2D eigenvalue weighted by Crippen LogP contribution is 2.55. The van der Waals surface area contributed by atoms with Crippen LogP contribution >= 0.6 is 12.2 Å². The molecule has 2 saturated carbocycles. The van der Waals surface area contributed by atoms with Crippen molar-refractivity contribution in [2.75, 3.05) is 13.1 Å². The van der Waals surface area contributed by atoms with Crippen molar-refractivity contribution in [2.24, 2.45) is 23.0 Å². The highest BCUT2D eigenvalue weighted by molar-refractivity contribution is 7.80. The van der Waals surface area contributed by atoms with Crippen molar-refractivity contribution >= 4 is 17.2 Å². The number of hydrogen-bond acceptors (Lipinski definition) is 2. The summed E-state index contributed by atoms with van der Waals surface area (Å²) in [6, 6.07) is 11.7. The second-order valence-corrected chi connectivity index (χ2v) is 11.7. The fourth-order valence-electron chi connectivity index (χ4n) is 6.81. The van der Waals surface area contributed by atoms with Gasteiger partial charge in [0.25, 0.3) is 0 Å². The molecule has 3 unspecified atom stereocenters. The number of nitrogens with zero attached hydrogens (tertiary/aromatic N) is 1. The Kier molecular flexibility index (Phi) is 6.93. The van der Waals surface area contributed by atoms with Gasteiger partial charge in [-0.15, -0.1) is 0 Å². The quantitative estimate of drug-likeness (QED) is 0.413. The zero-order valence-corrected chi connectivity index (χ0v) is 20.7. The molecule has 1 aromatic carbocycles. The maximum absolute atomic E-state index is 6.36. The maximum atomic E-state index is 6.36. The highest BCUT2D eigenvalue weighted by atomic mass is 32.1. The number of rotatable bonds is 5. The van der Waals surface area contributed by atoms with E-state index in [2.05, 4.69) is 62.1 Å². The first-order valence-electron chi connectivity index (χ1n) is 12.6. The highest BCUT2D eigenvalue weighted by Gasteiger charge is 2.46. The summed E-state index contributed by atoms with van der Waals surface area (Å²) < 4.78 is 0. The van der Waals surface area contributed by atoms with E-state index in [9.17, 15) is 0 Å². The van der Waals surface area contributed by atoms with Crippen LogP contribution in [-0.2, 0) is 5.41 Å². The van der Waals surface area contributed by atoms with Gasteiger partial charge in [0.1, 0.15) is 0 Å². The molecule has 1 aromatic rings. The van der Waals surface area contributed by atoms with Crippen LogP contribution in [0.4, 0.5) is 0 Å². The molecule has 1 aliphatic heterocycles. The minimum atomic E-state index is 0.148. The van der Waals surface area contributed by atoms with Crippen LogP contribution in [0.2, 0.25) is 0 Å². The largest absolute Gasteiger partial charge is 0.366 e. The van der Waals surface area contributed by atoms with Crippen LogP contribution in [0.1, 0.15) is 84.1 Å². The number of thiocarbonyl (C=S) groups is 1. The van der Waals surface area contributed by atoms with Gasteiger partial charge in [0.05, 0.1) is 4.99 Å². The third-order valence-electron chi connectivity index (χ3n) is 8.62. The van der Waals surface area contributed by atoms with Crippen molar-refractivity contribution < 1.29 is 0 Å². The van der Waals surface area contributed by atoms with Crippen LogP contribution in [-0.4, -0.2) is 29.0 Å². The summed E-state index contributed by atoms with van der Waals surface area (Å²) >= 11 is 5.98. The van der Waals surface area contributed by atoms with Gasteiger partial charge in [0.15, 0.2) is 0 Å². The molecule has 0 aromatic heterocycles. The molecule has 0 radical (unpaired) electrons. The molecule has 2 aliphatic carbocycles. The topological polar surface area (TPSA) is 29.3 Å². The van der Waals surface area contributed by atoms with Crippen molar-refractivity contribution in [1.82, 2.24) is 4.90 Å². The third kappa shape index (κ3) is 4.78. The van der Waals surface area contributed by atoms with Gasteiger partial charge >= 0.3 is 0 Å². The molecule has 1 heterocycles. The second kappa shape index (κ2) is 9.35. The van der Waals surface area contributed by atoms with E-state index >= 15 is 0 Å². The molecule has 2 nitrogen and oxygen atoms in total. The van der Waals surface area contributed by atoms with Gasteiger partial charge in [-0.1, -0.05) is 81.4 Å². The van der Waals surface area contributed by atoms with Crippen molar-refractivity contribution in [2.45, 2.75) is 90.0 Å². The molecule has 3 heteroatoms. The van der Waals surface area contributed by atoms with Gasteiger partial charge in [-0.3, -0.25) is 0 Å². The van der Waals surface area contributed by atoms with Crippen LogP contribution in [0.15, 0.2) is 42.0 Å². The Bertz CT molecular complexity index is 798. The van der Waals surface area contributed by atoms with E-state index in [1.54, 1.807) is 11.1 Å². The number of benzene rings is 1. The smallest absolute Gasteiger partial charge is 0.0779 e. The molecule has 2 bridgehead atoms. The first-order chi connectivity index (χ1) is 14.8. The molecule has 2 N–H and O–H groups in total. The third-order valence-corrected chi connectivity index (χ3v) is 9.08. The molecule has 170 valence electrons. The predicted octanol–water partition coefficient (Wildman–Crippen LogP) is 6.64. The number of hydrogen-bond donors (Lipinski definition) is 1. The number of piperidine rings is 1. The Hall–Kier alpha value is -1.19. The Labute approximate surface area is 195 Å². The molecule has 31 heavy (non-hydrogen) atoms. The van der Waals surface area contributed by atoms with E-state index in [-0.39, 0.29) is 11.5 Å². The van der Waals surface area contributed by atoms with Crippen molar-refractivity contribution in [3.8, 4) is 0 Å². The molecule has 3 fully saturated rings. The van der Waals surface area contributed by atoms with Crippen LogP contribution in [0.3, 0.4) is 0 Å². The van der Waals surface area contributed by atoms with Gasteiger partial charge in [-0.05, 0) is 79.6 Å². The minimum Gasteiger partial charge on any atom is -0.366 e. The van der Waals surface area contributed by atoms with E-state index in [4.69, 9.17) is 18.0 Å². The molecule has 1 saturated heterocycles. The Morgan fingerprint density at radius 3 is 2.68 bits per heavy atom. The summed E-state index contributed by atoms with van der Waals surface area (Å²) in [6.45, 7) is 8.92. The maximum Gasteiger partial charge on any atom is 0.0779 e. The normalized spacial score (nSPS) is 34.0. The SMILES string of the molecule is CC/C=C1\C2CCCC(c3ccccc3)(C2)CC1CCC(=S)N1CC[C@H](N)C(C)(C)C1. The van der Waals surface area contributed by atoms with Gasteiger partial charge < -0.3 is 10.6 Å². The summed E-state index contributed by atoms with van der Waals surface area (Å²) in [5.41, 5.74) is 10.2. The monoisotopic (exact) mass is 438 g/mol. The van der Waals surface area contributed by atoms with Crippen LogP contribution in [0.5, 0.6) is 0 Å². The van der Waals surface area contributed by atoms with E-state index in [0.29, 0.717) is 11.3 Å². The summed E-state index contributed by atoms with van der Waals surface area (Å²) in [7, 11) is 0. The standard InChI is InChI=1S/C28H42N2S/c1-4-9-24-21-10-8-16-28(18-21,23-11-6-5-7-12-23)19-22(24)13-14-26(31)30-17-15-25(29)27(2,3)20-30/h5-7,9,11-12,21-22,25H,4,8,10,13-20,29H2,1-3H3/b24-9+/t21?,22?,25-,28?/m0/s1. The van der Waals surface area contributed by atoms with E-state index in [1.165, 1.54) is 43.5 Å². The average Bonchev–Trinajstić information content (AvgIpc) is 2.77. The first kappa shape index (κ1) is 23.0. The molecular weight excluding hydrogens is 396 g/mol. The lowest BCUT2D eigenvalue weighted by Crippen LogP contribution is -2.53. The Morgan fingerprint density at radius 1 is 1.19 bits per heavy atom. The zero-order chi connectivity index (χ0) is 22.1. The molecule has 4 atom stereocenters. The molecule has 0 amide bonds. The summed E-state index contributed by atoms with van der Waals surface area (Å²) in [4.78, 5) is 3.62. The van der Waals surface area contributed by atoms with Gasteiger partial charge in [-0.2, -0.15) is 0 Å². The Morgan fingerprint density at radius 2 is 1.97 bits per heavy atom. The van der Waals surface area contributed by atoms with Gasteiger partial charge in [0, 0.05) is 19.1 Å². The lowest BCUT2D eigenvalue weighted by molar-refractivity contribution is 0.143. The van der Waals surface area contributed by atoms with Gasteiger partial charge in [0.2, 0.25) is 0 Å². The number of fused-ring (bicyclic) bond motifs is 2. The molecule has 0 spiro atoms. The van der Waals surface area contributed by atoms with Crippen LogP contribution < -0.4 is 5.73 Å². The van der Waals surface area contributed by atoms with Crippen molar-refractivity contribution in [3.05, 3.63) is 47.5 Å². The number of likely N-dealkylation sites (tertiary alicyclic amines) is 1. The number of allylic oxidation sites excluding steroid dienone is 2. The van der Waals surface area contributed by atoms with Crippen molar-refractivity contribution in [3.63, 3.8) is 0 Å². The fourth-order valence-corrected chi connectivity index (χ4v) is 7.08. The van der Waals surface area contributed by atoms with Crippen molar-refractivity contribution in [1.29, 1.82) is 0 Å². The Balaban J connectivity index is 1.49. The summed E-state index contributed by atoms with van der Waals surface area (Å²) in [5.74, 6) is 1.45. The summed E-state index contributed by atoms with van der Waals surface area (Å²) in [5, 5.41) is 0. The summed E-state index contributed by atoms with van der Waals surface area (Å²) in [6.07, 6.45) is 13.8. The van der Waals surface area contributed by atoms with Crippen LogP contribution in [0.25, 0.3) is 0 Å². The number of nitrogens with two attached hydrogens (primary N) is 1. The first-order valence-corrected chi connectivity index (χ1v) is 13.0. The van der Waals surface area contributed by atoms with E-state index in [0.717, 1.165) is 38.3 Å².